The van der Waals surface area contributed by atoms with E-state index in [-0.39, 0.29) is 0 Å². The fourth-order valence-corrected chi connectivity index (χ4v) is 2.06. The molecule has 0 aliphatic heterocycles. The average Bonchev–Trinajstić information content (AvgIpc) is 3.13. The lowest BCUT2D eigenvalue weighted by Gasteiger charge is -1.98. The molecule has 0 spiro atoms. The number of nitrogens with zero attached hydrogens (tertiary/aromatic N) is 3. The van der Waals surface area contributed by atoms with Gasteiger partial charge in [-0.3, -0.25) is 0 Å². The fraction of sp³-hybridized carbons (Fsp3) is 0.429. The minimum atomic E-state index is 0.752. The molecule has 4 heteroatoms. The Morgan fingerprint density at radius 2 is 2.06 bits per heavy atom. The molecule has 18 heavy (non-hydrogen) atoms. The van der Waals surface area contributed by atoms with Crippen LogP contribution in [-0.4, -0.2) is 27.4 Å². The quantitative estimate of drug-likeness (QED) is 0.869. The zero-order valence-electron chi connectivity index (χ0n) is 10.6. The van der Waals surface area contributed by atoms with Crippen LogP contribution < -0.4 is 5.32 Å². The topological polar surface area (TPSA) is 42.7 Å². The van der Waals surface area contributed by atoms with E-state index in [0.717, 1.165) is 36.2 Å². The maximum absolute atomic E-state index is 4.61. The zero-order valence-corrected chi connectivity index (χ0v) is 10.6. The van der Waals surface area contributed by atoms with Crippen molar-refractivity contribution in [3.63, 3.8) is 0 Å². The van der Waals surface area contributed by atoms with Crippen molar-refractivity contribution in [2.45, 2.75) is 25.3 Å². The van der Waals surface area contributed by atoms with E-state index in [1.165, 1.54) is 12.8 Å². The van der Waals surface area contributed by atoms with Crippen molar-refractivity contribution >= 4 is 0 Å². The smallest absolute Gasteiger partial charge is 0.158 e. The molecule has 1 fully saturated rings. The van der Waals surface area contributed by atoms with E-state index in [1.807, 2.05) is 29.9 Å². The van der Waals surface area contributed by atoms with E-state index in [1.54, 1.807) is 0 Å². The summed E-state index contributed by atoms with van der Waals surface area (Å²) in [6, 6.07) is 11.0. The van der Waals surface area contributed by atoms with Gasteiger partial charge in [-0.15, -0.1) is 0 Å². The van der Waals surface area contributed by atoms with Gasteiger partial charge in [0.05, 0.1) is 0 Å². The summed E-state index contributed by atoms with van der Waals surface area (Å²) in [5.41, 5.74) is 1.12. The predicted molar refractivity (Wildman–Crippen MR) is 71.2 cm³/mol. The van der Waals surface area contributed by atoms with Gasteiger partial charge in [-0.2, -0.15) is 5.10 Å². The van der Waals surface area contributed by atoms with Crippen LogP contribution in [0.2, 0.25) is 0 Å². The SMILES string of the molecule is Cn1nc(CCNC2CC2)nc1-c1ccccc1. The zero-order chi connectivity index (χ0) is 12.4. The minimum absolute atomic E-state index is 0.752. The molecule has 0 amide bonds. The Balaban J connectivity index is 1.69. The molecule has 1 aliphatic rings. The van der Waals surface area contributed by atoms with Gasteiger partial charge in [-0.05, 0) is 12.8 Å². The third kappa shape index (κ3) is 2.59. The molecule has 0 atom stereocenters. The van der Waals surface area contributed by atoms with Gasteiger partial charge < -0.3 is 5.32 Å². The molecule has 3 rings (SSSR count). The highest BCUT2D eigenvalue weighted by Gasteiger charge is 2.20. The first kappa shape index (κ1) is 11.4. The number of nitrogens with one attached hydrogen (secondary N) is 1. The number of aromatic nitrogens is 3. The third-order valence-electron chi connectivity index (χ3n) is 3.20. The molecule has 2 aromatic rings. The molecule has 0 saturated heterocycles. The van der Waals surface area contributed by atoms with Crippen LogP contribution in [0.3, 0.4) is 0 Å². The monoisotopic (exact) mass is 242 g/mol. The second-order valence-corrected chi connectivity index (χ2v) is 4.82. The highest BCUT2D eigenvalue weighted by atomic mass is 15.3. The van der Waals surface area contributed by atoms with Crippen molar-refractivity contribution in [3.8, 4) is 11.4 Å². The first-order valence-electron chi connectivity index (χ1n) is 6.51. The molecule has 1 aromatic heterocycles. The Bertz CT molecular complexity index is 514. The van der Waals surface area contributed by atoms with Crippen molar-refractivity contribution in [1.82, 2.24) is 20.1 Å². The van der Waals surface area contributed by atoms with Gasteiger partial charge in [0, 0.05) is 31.6 Å². The molecular formula is C14H18N4. The summed E-state index contributed by atoms with van der Waals surface area (Å²) in [6.45, 7) is 0.975. The van der Waals surface area contributed by atoms with Crippen molar-refractivity contribution in [2.75, 3.05) is 6.54 Å². The number of hydrogen-bond acceptors (Lipinski definition) is 3. The van der Waals surface area contributed by atoms with Crippen molar-refractivity contribution in [1.29, 1.82) is 0 Å². The summed E-state index contributed by atoms with van der Waals surface area (Å²) < 4.78 is 1.86. The molecule has 1 heterocycles. The molecule has 4 nitrogen and oxygen atoms in total. The lowest BCUT2D eigenvalue weighted by molar-refractivity contribution is 0.658. The summed E-state index contributed by atoms with van der Waals surface area (Å²) in [7, 11) is 1.95. The number of hydrogen-bond donors (Lipinski definition) is 1. The number of aryl methyl sites for hydroxylation is 1. The molecule has 0 unspecified atom stereocenters. The standard InChI is InChI=1S/C14H18N4/c1-18-14(11-5-3-2-4-6-11)16-13(17-18)9-10-15-12-7-8-12/h2-6,12,15H,7-10H2,1H3. The van der Waals surface area contributed by atoms with E-state index in [9.17, 15) is 0 Å². The van der Waals surface area contributed by atoms with Gasteiger partial charge in [-0.1, -0.05) is 30.3 Å². The van der Waals surface area contributed by atoms with Crippen LogP contribution in [0.4, 0.5) is 0 Å². The van der Waals surface area contributed by atoms with Crippen LogP contribution in [0.25, 0.3) is 11.4 Å². The molecule has 1 N–H and O–H groups in total. The van der Waals surface area contributed by atoms with Gasteiger partial charge in [0.25, 0.3) is 0 Å². The lowest BCUT2D eigenvalue weighted by atomic mass is 10.2. The average molecular weight is 242 g/mol. The highest BCUT2D eigenvalue weighted by molar-refractivity contribution is 5.54. The molecule has 1 aliphatic carbocycles. The van der Waals surface area contributed by atoms with E-state index in [2.05, 4.69) is 27.5 Å². The minimum Gasteiger partial charge on any atom is -0.314 e. The molecule has 1 saturated carbocycles. The van der Waals surface area contributed by atoms with Gasteiger partial charge in [0.2, 0.25) is 0 Å². The van der Waals surface area contributed by atoms with E-state index >= 15 is 0 Å². The van der Waals surface area contributed by atoms with Gasteiger partial charge in [0.1, 0.15) is 0 Å². The Hall–Kier alpha value is -1.68. The number of rotatable bonds is 5. The van der Waals surface area contributed by atoms with Crippen LogP contribution >= 0.6 is 0 Å². The molecule has 0 radical (unpaired) electrons. The summed E-state index contributed by atoms with van der Waals surface area (Å²) in [6.07, 6.45) is 3.55. The van der Waals surface area contributed by atoms with E-state index < -0.39 is 0 Å². The summed E-state index contributed by atoms with van der Waals surface area (Å²) >= 11 is 0. The first-order chi connectivity index (χ1) is 8.83. The van der Waals surface area contributed by atoms with Crippen LogP contribution in [-0.2, 0) is 13.5 Å². The summed E-state index contributed by atoms with van der Waals surface area (Å²) in [5, 5.41) is 7.95. The number of benzene rings is 1. The van der Waals surface area contributed by atoms with Crippen LogP contribution in [0.1, 0.15) is 18.7 Å². The van der Waals surface area contributed by atoms with Gasteiger partial charge in [0.15, 0.2) is 11.6 Å². The molecule has 1 aromatic carbocycles. The second-order valence-electron chi connectivity index (χ2n) is 4.82. The van der Waals surface area contributed by atoms with Crippen LogP contribution in [0, 0.1) is 0 Å². The predicted octanol–water partition coefficient (Wildman–Crippen LogP) is 1.78. The van der Waals surface area contributed by atoms with Crippen LogP contribution in [0.15, 0.2) is 30.3 Å². The Kier molecular flexibility index (Phi) is 3.11. The van der Waals surface area contributed by atoms with Gasteiger partial charge in [-0.25, -0.2) is 9.67 Å². The Labute approximate surface area is 107 Å². The normalized spacial score (nSPS) is 14.9. The van der Waals surface area contributed by atoms with Gasteiger partial charge >= 0.3 is 0 Å². The van der Waals surface area contributed by atoms with E-state index in [0.29, 0.717) is 0 Å². The summed E-state index contributed by atoms with van der Waals surface area (Å²) in [4.78, 5) is 4.61. The van der Waals surface area contributed by atoms with E-state index in [4.69, 9.17) is 0 Å². The third-order valence-corrected chi connectivity index (χ3v) is 3.20. The molecular weight excluding hydrogens is 224 g/mol. The van der Waals surface area contributed by atoms with Crippen molar-refractivity contribution in [2.24, 2.45) is 7.05 Å². The highest BCUT2D eigenvalue weighted by Crippen LogP contribution is 2.18. The van der Waals surface area contributed by atoms with Crippen molar-refractivity contribution in [3.05, 3.63) is 36.2 Å². The largest absolute Gasteiger partial charge is 0.314 e. The Morgan fingerprint density at radius 1 is 1.28 bits per heavy atom. The maximum Gasteiger partial charge on any atom is 0.158 e. The first-order valence-corrected chi connectivity index (χ1v) is 6.51. The second kappa shape index (κ2) is 4.90. The lowest BCUT2D eigenvalue weighted by Crippen LogP contribution is -2.19. The Morgan fingerprint density at radius 3 is 2.78 bits per heavy atom. The van der Waals surface area contributed by atoms with Crippen molar-refractivity contribution < 1.29 is 0 Å². The maximum atomic E-state index is 4.61. The molecule has 94 valence electrons. The van der Waals surface area contributed by atoms with Crippen LogP contribution in [0.5, 0.6) is 0 Å². The fourth-order valence-electron chi connectivity index (χ4n) is 2.06. The summed E-state index contributed by atoms with van der Waals surface area (Å²) in [5.74, 6) is 1.86. The molecule has 0 bridgehead atoms.